The summed E-state index contributed by atoms with van der Waals surface area (Å²) in [6, 6.07) is 10.0. The lowest BCUT2D eigenvalue weighted by Crippen LogP contribution is -2.18. The highest BCUT2D eigenvalue weighted by Gasteiger charge is 2.11. The van der Waals surface area contributed by atoms with E-state index >= 15 is 0 Å². The predicted octanol–water partition coefficient (Wildman–Crippen LogP) is 3.59. The number of rotatable bonds is 4. The van der Waals surface area contributed by atoms with Gasteiger partial charge < -0.3 is 0 Å². The Bertz CT molecular complexity index is 694. The van der Waals surface area contributed by atoms with Crippen LogP contribution in [0.5, 0.6) is 0 Å². The monoisotopic (exact) mass is 422 g/mol. The largest absolute Gasteiger partial charge is 0.276 e. The van der Waals surface area contributed by atoms with E-state index in [1.165, 1.54) is 29.7 Å². The Morgan fingerprint density at radius 1 is 1.11 bits per heavy atom. The first-order valence-electron chi connectivity index (χ1n) is 5.03. The minimum absolute atomic E-state index is 0.167. The van der Waals surface area contributed by atoms with Crippen LogP contribution in [0.15, 0.2) is 54.7 Å². The number of halogens is 2. The summed E-state index contributed by atoms with van der Waals surface area (Å²) in [5, 5.41) is 3.74. The van der Waals surface area contributed by atoms with Crippen LogP contribution < -0.4 is 4.83 Å². The summed E-state index contributed by atoms with van der Waals surface area (Å²) in [6.45, 7) is 0. The van der Waals surface area contributed by atoms with Crippen LogP contribution >= 0.6 is 43.2 Å². The van der Waals surface area contributed by atoms with Gasteiger partial charge >= 0.3 is 0 Å². The first kappa shape index (κ1) is 14.7. The van der Waals surface area contributed by atoms with Crippen LogP contribution in [0.25, 0.3) is 0 Å². The lowest BCUT2D eigenvalue weighted by molar-refractivity contribution is 0.584. The second-order valence-corrected chi connectivity index (χ2v) is 8.52. The van der Waals surface area contributed by atoms with E-state index in [0.29, 0.717) is 0 Å². The van der Waals surface area contributed by atoms with E-state index in [9.17, 15) is 8.42 Å². The molecule has 1 aromatic heterocycles. The second-order valence-electron chi connectivity index (χ2n) is 3.45. The van der Waals surface area contributed by atoms with Crippen LogP contribution in [0.1, 0.15) is 4.88 Å². The number of sulfonamides is 1. The highest BCUT2D eigenvalue weighted by atomic mass is 79.9. The minimum atomic E-state index is -3.62. The zero-order valence-electron chi connectivity index (χ0n) is 9.38. The maximum atomic E-state index is 11.9. The number of thiophene rings is 1. The van der Waals surface area contributed by atoms with Gasteiger partial charge in [0.25, 0.3) is 10.0 Å². The minimum Gasteiger partial charge on any atom is -0.200 e. The standard InChI is InChI=1S/C11H8Br2N2O2S2/c12-8-1-4-10(5-2-8)19(16,17)15-14-7-9-3-6-11(13)18-9/h1-7,15H/b14-7+. The van der Waals surface area contributed by atoms with Crippen LogP contribution in [0.2, 0.25) is 0 Å². The van der Waals surface area contributed by atoms with Crippen LogP contribution in [-0.4, -0.2) is 14.6 Å². The molecule has 0 aliphatic heterocycles. The molecule has 0 radical (unpaired) electrons. The molecule has 0 atom stereocenters. The van der Waals surface area contributed by atoms with Crippen LogP contribution in [0.4, 0.5) is 0 Å². The van der Waals surface area contributed by atoms with E-state index in [0.717, 1.165) is 13.1 Å². The number of hydrogen-bond donors (Lipinski definition) is 1. The molecule has 0 bridgehead atoms. The SMILES string of the molecule is O=S(=O)(N/N=C/c1ccc(Br)s1)c1ccc(Br)cc1. The summed E-state index contributed by atoms with van der Waals surface area (Å²) in [4.78, 5) is 3.19. The predicted molar refractivity (Wildman–Crippen MR) is 84.1 cm³/mol. The van der Waals surface area contributed by atoms with Crippen LogP contribution in [0, 0.1) is 0 Å². The lowest BCUT2D eigenvalue weighted by Gasteiger charge is -2.02. The molecule has 0 saturated heterocycles. The Morgan fingerprint density at radius 3 is 2.37 bits per heavy atom. The maximum absolute atomic E-state index is 11.9. The van der Waals surface area contributed by atoms with E-state index in [1.54, 1.807) is 12.1 Å². The molecular formula is C11H8Br2N2O2S2. The lowest BCUT2D eigenvalue weighted by atomic mass is 10.4. The molecule has 0 aliphatic carbocycles. The Kier molecular flexibility index (Phi) is 4.77. The van der Waals surface area contributed by atoms with Gasteiger partial charge in [-0.15, -0.1) is 11.3 Å². The summed E-state index contributed by atoms with van der Waals surface area (Å²) in [6.07, 6.45) is 1.46. The van der Waals surface area contributed by atoms with Gasteiger partial charge in [0, 0.05) is 9.35 Å². The third-order valence-corrected chi connectivity index (χ3v) is 5.41. The molecule has 0 fully saturated rings. The highest BCUT2D eigenvalue weighted by molar-refractivity contribution is 9.11. The quantitative estimate of drug-likeness (QED) is 0.603. The maximum Gasteiger partial charge on any atom is 0.276 e. The summed E-state index contributed by atoms with van der Waals surface area (Å²) in [7, 11) is -3.62. The molecule has 1 N–H and O–H groups in total. The summed E-state index contributed by atoms with van der Waals surface area (Å²) in [5.74, 6) is 0. The normalized spacial score (nSPS) is 11.9. The highest BCUT2D eigenvalue weighted by Crippen LogP contribution is 2.20. The number of nitrogens with zero attached hydrogens (tertiary/aromatic N) is 1. The molecule has 1 heterocycles. The summed E-state index contributed by atoms with van der Waals surface area (Å²) in [5.41, 5.74) is 0. The smallest absolute Gasteiger partial charge is 0.200 e. The van der Waals surface area contributed by atoms with Crippen molar-refractivity contribution in [2.75, 3.05) is 0 Å². The van der Waals surface area contributed by atoms with E-state index in [2.05, 4.69) is 41.8 Å². The summed E-state index contributed by atoms with van der Waals surface area (Å²) >= 11 is 8.03. The first-order valence-corrected chi connectivity index (χ1v) is 8.92. The van der Waals surface area contributed by atoms with Gasteiger partial charge in [-0.2, -0.15) is 13.5 Å². The van der Waals surface area contributed by atoms with Crippen molar-refractivity contribution >= 4 is 59.4 Å². The zero-order chi connectivity index (χ0) is 13.9. The molecule has 0 unspecified atom stereocenters. The fourth-order valence-electron chi connectivity index (χ4n) is 1.22. The molecule has 0 amide bonds. The third kappa shape index (κ3) is 4.13. The van der Waals surface area contributed by atoms with Crippen LogP contribution in [-0.2, 0) is 10.0 Å². The molecule has 100 valence electrons. The van der Waals surface area contributed by atoms with Crippen molar-refractivity contribution in [1.29, 1.82) is 0 Å². The number of hydrazone groups is 1. The Labute approximate surface area is 131 Å². The first-order chi connectivity index (χ1) is 8.97. The number of benzene rings is 1. The Balaban J connectivity index is 2.09. The van der Waals surface area contributed by atoms with Gasteiger partial charge in [0.15, 0.2) is 0 Å². The van der Waals surface area contributed by atoms with E-state index in [1.807, 2.05) is 12.1 Å². The molecule has 8 heteroatoms. The molecule has 0 saturated carbocycles. The average Bonchev–Trinajstić information content (AvgIpc) is 2.75. The van der Waals surface area contributed by atoms with Crippen molar-refractivity contribution in [3.05, 3.63) is 49.5 Å². The van der Waals surface area contributed by atoms with Crippen molar-refractivity contribution in [1.82, 2.24) is 4.83 Å². The molecule has 1 aromatic carbocycles. The molecule has 2 aromatic rings. The van der Waals surface area contributed by atoms with Gasteiger partial charge in [0.2, 0.25) is 0 Å². The van der Waals surface area contributed by atoms with Gasteiger partial charge in [0.1, 0.15) is 0 Å². The zero-order valence-corrected chi connectivity index (χ0v) is 14.2. The number of hydrogen-bond acceptors (Lipinski definition) is 4. The van der Waals surface area contributed by atoms with Crippen molar-refractivity contribution in [3.8, 4) is 0 Å². The van der Waals surface area contributed by atoms with Gasteiger partial charge in [0.05, 0.1) is 14.9 Å². The van der Waals surface area contributed by atoms with Crippen molar-refractivity contribution in [2.24, 2.45) is 5.10 Å². The Hall–Kier alpha value is -0.700. The summed E-state index contributed by atoms with van der Waals surface area (Å²) < 4.78 is 25.6. The fourth-order valence-corrected chi connectivity index (χ4v) is 3.57. The van der Waals surface area contributed by atoms with Gasteiger partial charge in [-0.3, -0.25) is 0 Å². The van der Waals surface area contributed by atoms with E-state index in [4.69, 9.17) is 0 Å². The number of nitrogens with one attached hydrogen (secondary N) is 1. The molecule has 0 aliphatic rings. The van der Waals surface area contributed by atoms with E-state index < -0.39 is 10.0 Å². The van der Waals surface area contributed by atoms with Gasteiger partial charge in [-0.1, -0.05) is 15.9 Å². The Morgan fingerprint density at radius 2 is 1.79 bits per heavy atom. The molecule has 0 spiro atoms. The van der Waals surface area contributed by atoms with Crippen molar-refractivity contribution in [2.45, 2.75) is 4.90 Å². The van der Waals surface area contributed by atoms with Gasteiger partial charge in [-0.25, -0.2) is 4.83 Å². The third-order valence-electron chi connectivity index (χ3n) is 2.08. The average molecular weight is 424 g/mol. The van der Waals surface area contributed by atoms with Crippen molar-refractivity contribution in [3.63, 3.8) is 0 Å². The second kappa shape index (κ2) is 6.17. The van der Waals surface area contributed by atoms with E-state index in [-0.39, 0.29) is 4.90 Å². The molecule has 19 heavy (non-hydrogen) atoms. The van der Waals surface area contributed by atoms with Crippen LogP contribution in [0.3, 0.4) is 0 Å². The topological polar surface area (TPSA) is 58.5 Å². The van der Waals surface area contributed by atoms with Gasteiger partial charge in [-0.05, 0) is 52.3 Å². The molecular weight excluding hydrogens is 416 g/mol. The molecule has 2 rings (SSSR count). The van der Waals surface area contributed by atoms with Crippen molar-refractivity contribution < 1.29 is 8.42 Å². The fraction of sp³-hybridized carbons (Fsp3) is 0. The molecule has 4 nitrogen and oxygen atoms in total.